The molecule has 0 aromatic carbocycles. The zero-order valence-corrected chi connectivity index (χ0v) is 16.7. The fourth-order valence-corrected chi connectivity index (χ4v) is 4.22. The second-order valence-corrected chi connectivity index (χ2v) is 10.3. The molecule has 1 aliphatic heterocycles. The maximum Gasteiger partial charge on any atom is 0.466 e. The number of hydrogen-bond acceptors (Lipinski definition) is 12. The van der Waals surface area contributed by atoms with Gasteiger partial charge in [-0.2, -0.15) is 8.42 Å². The minimum absolute atomic E-state index is 0.0186. The van der Waals surface area contributed by atoms with Crippen LogP contribution in [-0.2, 0) is 29.3 Å². The van der Waals surface area contributed by atoms with Crippen molar-refractivity contribution < 1.29 is 50.8 Å². The fraction of sp³-hybridized carbons (Fsp3) is 0.917. The molecule has 5 N–H and O–H groups in total. The van der Waals surface area contributed by atoms with Gasteiger partial charge < -0.3 is 25.2 Å². The van der Waals surface area contributed by atoms with Crippen molar-refractivity contribution in [1.29, 1.82) is 0 Å². The summed E-state index contributed by atoms with van der Waals surface area (Å²) in [5.41, 5.74) is -1.24. The van der Waals surface area contributed by atoms with Gasteiger partial charge >= 0.3 is 10.4 Å². The SMILES string of the molecule is CS(=O)(=O)CCCCC(=NOS(=O)(=O)O)S[C@@H]1O[C@H](CO)[C@@H](O)[C@H](O)[C@H]1O. The lowest BCUT2D eigenvalue weighted by Crippen LogP contribution is -2.57. The first kappa shape index (κ1) is 24.5. The van der Waals surface area contributed by atoms with Crippen LogP contribution in [-0.4, -0.2) is 95.3 Å². The van der Waals surface area contributed by atoms with Gasteiger partial charge in [-0.25, -0.2) is 12.7 Å². The molecule has 0 aromatic heterocycles. The van der Waals surface area contributed by atoms with Crippen LogP contribution < -0.4 is 0 Å². The minimum atomic E-state index is -4.89. The highest BCUT2D eigenvalue weighted by molar-refractivity contribution is 8.14. The van der Waals surface area contributed by atoms with Gasteiger partial charge in [0.2, 0.25) is 0 Å². The summed E-state index contributed by atoms with van der Waals surface area (Å²) in [5.74, 6) is -0.107. The predicted molar refractivity (Wildman–Crippen MR) is 95.0 cm³/mol. The molecule has 0 amide bonds. The van der Waals surface area contributed by atoms with Crippen LogP contribution in [0.5, 0.6) is 0 Å². The van der Waals surface area contributed by atoms with Crippen LogP contribution in [0.4, 0.5) is 0 Å². The van der Waals surface area contributed by atoms with Crippen LogP contribution >= 0.6 is 11.8 Å². The van der Waals surface area contributed by atoms with Crippen molar-refractivity contribution in [3.63, 3.8) is 0 Å². The van der Waals surface area contributed by atoms with Gasteiger partial charge in [0.25, 0.3) is 0 Å². The average molecular weight is 454 g/mol. The summed E-state index contributed by atoms with van der Waals surface area (Å²) in [7, 11) is -8.08. The third kappa shape index (κ3) is 9.01. The number of aliphatic hydroxyl groups excluding tert-OH is 4. The summed E-state index contributed by atoms with van der Waals surface area (Å²) in [5, 5.41) is 41.8. The van der Waals surface area contributed by atoms with Crippen molar-refractivity contribution in [2.75, 3.05) is 18.6 Å². The third-order valence-corrected chi connectivity index (χ3v) is 5.96. The predicted octanol–water partition coefficient (Wildman–Crippen LogP) is -2.13. The number of sulfone groups is 1. The Balaban J connectivity index is 2.82. The Bertz CT molecular complexity index is 706. The van der Waals surface area contributed by atoms with E-state index in [1.165, 1.54) is 0 Å². The molecule has 1 fully saturated rings. The number of aliphatic hydroxyl groups is 4. The summed E-state index contributed by atoms with van der Waals surface area (Å²) in [4.78, 5) is 0. The summed E-state index contributed by atoms with van der Waals surface area (Å²) in [6.45, 7) is -0.648. The van der Waals surface area contributed by atoms with E-state index in [4.69, 9.17) is 14.4 Å². The molecule has 0 aromatic rings. The molecule has 5 atom stereocenters. The molecule has 15 heteroatoms. The molecule has 27 heavy (non-hydrogen) atoms. The first-order valence-electron chi connectivity index (χ1n) is 7.72. The molecule has 12 nitrogen and oxygen atoms in total. The third-order valence-electron chi connectivity index (χ3n) is 3.49. The van der Waals surface area contributed by atoms with Crippen molar-refractivity contribution in [1.82, 2.24) is 0 Å². The molecule has 1 rings (SSSR count). The monoisotopic (exact) mass is 453 g/mol. The van der Waals surface area contributed by atoms with E-state index >= 15 is 0 Å². The van der Waals surface area contributed by atoms with Crippen LogP contribution in [0.25, 0.3) is 0 Å². The van der Waals surface area contributed by atoms with Crippen LogP contribution in [0.1, 0.15) is 19.3 Å². The van der Waals surface area contributed by atoms with E-state index in [9.17, 15) is 32.2 Å². The van der Waals surface area contributed by atoms with Crippen molar-refractivity contribution in [2.45, 2.75) is 49.1 Å². The first-order chi connectivity index (χ1) is 12.3. The van der Waals surface area contributed by atoms with Gasteiger partial charge in [-0.3, -0.25) is 4.55 Å². The van der Waals surface area contributed by atoms with Crippen LogP contribution in [0.3, 0.4) is 0 Å². The van der Waals surface area contributed by atoms with E-state index in [2.05, 4.69) is 9.44 Å². The Labute approximate surface area is 161 Å². The van der Waals surface area contributed by atoms with Crippen LogP contribution in [0.15, 0.2) is 5.16 Å². The lowest BCUT2D eigenvalue weighted by molar-refractivity contribution is -0.205. The maximum atomic E-state index is 11.1. The lowest BCUT2D eigenvalue weighted by Gasteiger charge is -2.39. The number of unbranched alkanes of at least 4 members (excludes halogenated alkanes) is 1. The van der Waals surface area contributed by atoms with Gasteiger partial charge in [0.15, 0.2) is 0 Å². The van der Waals surface area contributed by atoms with Gasteiger partial charge in [0.1, 0.15) is 44.7 Å². The quantitative estimate of drug-likeness (QED) is 0.0835. The number of ether oxygens (including phenoxy) is 1. The molecule has 1 aliphatic rings. The summed E-state index contributed by atoms with van der Waals surface area (Å²) < 4.78 is 61.5. The Kier molecular flexibility index (Phi) is 9.36. The molecular formula is C12H23NO11S3. The van der Waals surface area contributed by atoms with Gasteiger partial charge in [0.05, 0.1) is 6.61 Å². The average Bonchev–Trinajstić information content (AvgIpc) is 2.54. The largest absolute Gasteiger partial charge is 0.466 e. The Morgan fingerprint density at radius 1 is 1.11 bits per heavy atom. The first-order valence-corrected chi connectivity index (χ1v) is 12.0. The van der Waals surface area contributed by atoms with Gasteiger partial charge in [-0.1, -0.05) is 16.9 Å². The Morgan fingerprint density at radius 3 is 2.26 bits per heavy atom. The van der Waals surface area contributed by atoms with Gasteiger partial charge in [-0.05, 0) is 19.3 Å². The second-order valence-electron chi connectivity index (χ2n) is 5.89. The molecule has 0 aliphatic carbocycles. The summed E-state index contributed by atoms with van der Waals surface area (Å²) in [6, 6.07) is 0. The zero-order chi connectivity index (χ0) is 20.8. The Hall–Kier alpha value is -0.520. The minimum Gasteiger partial charge on any atom is -0.394 e. The lowest BCUT2D eigenvalue weighted by atomic mass is 10.0. The smallest absolute Gasteiger partial charge is 0.394 e. The van der Waals surface area contributed by atoms with E-state index in [1.54, 1.807) is 0 Å². The number of oxime groups is 1. The second kappa shape index (κ2) is 10.3. The topological polar surface area (TPSA) is 200 Å². The van der Waals surface area contributed by atoms with E-state index in [0.29, 0.717) is 11.8 Å². The molecule has 160 valence electrons. The van der Waals surface area contributed by atoms with Crippen molar-refractivity contribution >= 4 is 37.0 Å². The normalized spacial score (nSPS) is 30.3. The standard InChI is InChI=1S/C12H23NO11S3/c1-26(18,19)5-3-2-4-8(13-24-27(20,21)22)25-12-11(17)10(16)9(15)7(6-14)23-12/h7,9-12,14-17H,2-6H2,1H3,(H,20,21,22)/t7-,9-,10+,11-,12+/m1/s1. The molecular weight excluding hydrogens is 430 g/mol. The fourth-order valence-electron chi connectivity index (χ4n) is 2.15. The number of nitrogens with zero attached hydrogens (tertiary/aromatic N) is 1. The van der Waals surface area contributed by atoms with Gasteiger partial charge in [0, 0.05) is 12.0 Å². The van der Waals surface area contributed by atoms with Gasteiger partial charge in [-0.15, -0.1) is 0 Å². The highest BCUT2D eigenvalue weighted by Crippen LogP contribution is 2.30. The molecule has 0 bridgehead atoms. The summed E-state index contributed by atoms with van der Waals surface area (Å²) >= 11 is 0.643. The number of hydrogen-bond donors (Lipinski definition) is 5. The highest BCUT2D eigenvalue weighted by atomic mass is 32.3. The van der Waals surface area contributed by atoms with Crippen molar-refractivity contribution in [3.8, 4) is 0 Å². The van der Waals surface area contributed by atoms with Crippen molar-refractivity contribution in [3.05, 3.63) is 0 Å². The molecule has 0 radical (unpaired) electrons. The maximum absolute atomic E-state index is 11.1. The summed E-state index contributed by atoms with van der Waals surface area (Å²) in [6.07, 6.45) is -4.40. The van der Waals surface area contributed by atoms with E-state index in [0.717, 1.165) is 6.26 Å². The van der Waals surface area contributed by atoms with E-state index < -0.39 is 56.7 Å². The van der Waals surface area contributed by atoms with E-state index in [1.807, 2.05) is 0 Å². The molecule has 1 heterocycles. The molecule has 1 saturated heterocycles. The highest BCUT2D eigenvalue weighted by Gasteiger charge is 2.44. The Morgan fingerprint density at radius 2 is 1.74 bits per heavy atom. The molecule has 0 spiro atoms. The number of rotatable bonds is 9. The molecule has 0 saturated carbocycles. The number of thioether (sulfide) groups is 1. The van der Waals surface area contributed by atoms with Crippen molar-refractivity contribution in [2.24, 2.45) is 5.16 Å². The van der Waals surface area contributed by atoms with Crippen LogP contribution in [0, 0.1) is 0 Å². The van der Waals surface area contributed by atoms with E-state index in [-0.39, 0.29) is 30.1 Å². The zero-order valence-electron chi connectivity index (χ0n) is 14.3. The molecule has 0 unspecified atom stereocenters. The van der Waals surface area contributed by atoms with Crippen LogP contribution in [0.2, 0.25) is 0 Å².